The van der Waals surface area contributed by atoms with E-state index in [0.717, 1.165) is 63.2 Å². The van der Waals surface area contributed by atoms with Crippen LogP contribution in [0.2, 0.25) is 5.28 Å². The van der Waals surface area contributed by atoms with E-state index in [1.165, 1.54) is 5.56 Å². The molecule has 0 bridgehead atoms. The van der Waals surface area contributed by atoms with Gasteiger partial charge in [0, 0.05) is 31.4 Å². The van der Waals surface area contributed by atoms with Crippen LogP contribution in [0.3, 0.4) is 0 Å². The number of nitrogens with zero attached hydrogens (tertiary/aromatic N) is 4. The molecule has 0 N–H and O–H groups in total. The predicted octanol–water partition coefficient (Wildman–Crippen LogP) is 4.82. The van der Waals surface area contributed by atoms with Crippen LogP contribution in [0.5, 0.6) is 0 Å². The summed E-state index contributed by atoms with van der Waals surface area (Å²) in [4.78, 5) is 25.7. The van der Waals surface area contributed by atoms with Gasteiger partial charge < -0.3 is 4.74 Å². The van der Waals surface area contributed by atoms with Gasteiger partial charge in [-0.1, -0.05) is 31.5 Å². The van der Waals surface area contributed by atoms with Gasteiger partial charge in [-0.2, -0.15) is 0 Å². The van der Waals surface area contributed by atoms with E-state index in [4.69, 9.17) is 16.3 Å². The highest BCUT2D eigenvalue weighted by Crippen LogP contribution is 2.22. The van der Waals surface area contributed by atoms with Gasteiger partial charge in [0.15, 0.2) is 0 Å². The van der Waals surface area contributed by atoms with Gasteiger partial charge in [0.05, 0.1) is 5.69 Å². The van der Waals surface area contributed by atoms with Crippen LogP contribution in [0.25, 0.3) is 11.3 Å². The lowest BCUT2D eigenvalue weighted by Crippen LogP contribution is -2.49. The fraction of sp³-hybridized carbons (Fsp3) is 0.560. The smallest absolute Gasteiger partial charge is 0.323 e. The second kappa shape index (κ2) is 11.2. The second-order valence-electron chi connectivity index (χ2n) is 9.36. The summed E-state index contributed by atoms with van der Waals surface area (Å²) in [6.45, 7) is 12.5. The van der Waals surface area contributed by atoms with E-state index in [0.29, 0.717) is 0 Å². The first-order valence-electron chi connectivity index (χ1n) is 11.5. The molecule has 1 aliphatic heterocycles. The molecule has 1 aliphatic rings. The van der Waals surface area contributed by atoms with E-state index in [1.54, 1.807) is 6.20 Å². The molecule has 6 nitrogen and oxygen atoms in total. The predicted molar refractivity (Wildman–Crippen MR) is 128 cm³/mol. The summed E-state index contributed by atoms with van der Waals surface area (Å²) in [6, 6.07) is 10.1. The molecule has 0 spiro atoms. The Balaban J connectivity index is 1.61. The van der Waals surface area contributed by atoms with Crippen LogP contribution in [0.4, 0.5) is 0 Å². The third kappa shape index (κ3) is 7.26. The molecule has 32 heavy (non-hydrogen) atoms. The van der Waals surface area contributed by atoms with Crippen LogP contribution in [-0.4, -0.2) is 63.6 Å². The topological polar surface area (TPSA) is 58.6 Å². The highest BCUT2D eigenvalue weighted by atomic mass is 35.5. The number of rotatable bonds is 8. The van der Waals surface area contributed by atoms with Crippen LogP contribution in [-0.2, 0) is 16.1 Å². The Kier molecular flexibility index (Phi) is 8.63. The molecule has 0 amide bonds. The number of esters is 1. The van der Waals surface area contributed by atoms with Gasteiger partial charge in [0.1, 0.15) is 11.6 Å². The molecule has 1 unspecified atom stereocenters. The van der Waals surface area contributed by atoms with E-state index in [2.05, 4.69) is 44.9 Å². The zero-order chi connectivity index (χ0) is 23.1. The molecule has 1 aromatic heterocycles. The maximum atomic E-state index is 12.7. The number of likely N-dealkylation sites (tertiary alicyclic amines) is 1. The maximum Gasteiger partial charge on any atom is 0.323 e. The Morgan fingerprint density at radius 2 is 2.09 bits per heavy atom. The first-order valence-corrected chi connectivity index (χ1v) is 11.9. The molecule has 1 aromatic carbocycles. The monoisotopic (exact) mass is 458 g/mol. The number of benzene rings is 1. The molecule has 1 saturated heterocycles. The summed E-state index contributed by atoms with van der Waals surface area (Å²) >= 11 is 5.96. The Morgan fingerprint density at radius 1 is 1.28 bits per heavy atom. The van der Waals surface area contributed by atoms with Crippen molar-refractivity contribution >= 4 is 17.6 Å². The fourth-order valence-corrected chi connectivity index (χ4v) is 4.24. The zero-order valence-corrected chi connectivity index (χ0v) is 20.4. The SMILES string of the molecule is CCN(CCN1CCCCC1C(=O)OC(C)(C)C)Cc1cccc(-c2ccnc(Cl)n2)c1. The molecular weight excluding hydrogens is 424 g/mol. The van der Waals surface area contributed by atoms with Gasteiger partial charge in [-0.3, -0.25) is 14.6 Å². The fourth-order valence-electron chi connectivity index (χ4n) is 4.10. The van der Waals surface area contributed by atoms with Crippen molar-refractivity contribution in [3.63, 3.8) is 0 Å². The third-order valence-corrected chi connectivity index (χ3v) is 5.88. The van der Waals surface area contributed by atoms with Gasteiger partial charge >= 0.3 is 5.97 Å². The van der Waals surface area contributed by atoms with Crippen molar-refractivity contribution in [3.05, 3.63) is 47.4 Å². The number of carbonyl (C=O) groups excluding carboxylic acids is 1. The molecular formula is C25H35ClN4O2. The normalized spacial score (nSPS) is 17.5. The molecule has 1 fully saturated rings. The molecule has 0 saturated carbocycles. The summed E-state index contributed by atoms with van der Waals surface area (Å²) in [5.41, 5.74) is 2.63. The Hall–Kier alpha value is -2.02. The van der Waals surface area contributed by atoms with Crippen molar-refractivity contribution in [1.29, 1.82) is 0 Å². The molecule has 0 radical (unpaired) electrons. The summed E-state index contributed by atoms with van der Waals surface area (Å²) in [6.07, 6.45) is 4.77. The lowest BCUT2D eigenvalue weighted by atomic mass is 10.0. The first kappa shape index (κ1) is 24.6. The highest BCUT2D eigenvalue weighted by Gasteiger charge is 2.32. The minimum Gasteiger partial charge on any atom is -0.459 e. The number of hydrogen-bond donors (Lipinski definition) is 0. The minimum absolute atomic E-state index is 0.0866. The highest BCUT2D eigenvalue weighted by molar-refractivity contribution is 6.28. The molecule has 2 heterocycles. The summed E-state index contributed by atoms with van der Waals surface area (Å²) in [5.74, 6) is -0.0866. The Labute approximate surface area is 196 Å². The third-order valence-electron chi connectivity index (χ3n) is 5.70. The first-order chi connectivity index (χ1) is 15.2. The number of likely N-dealkylation sites (N-methyl/N-ethyl adjacent to an activating group) is 1. The Bertz CT molecular complexity index is 900. The number of hydrogen-bond acceptors (Lipinski definition) is 6. The van der Waals surface area contributed by atoms with Crippen molar-refractivity contribution in [3.8, 4) is 11.3 Å². The zero-order valence-electron chi connectivity index (χ0n) is 19.7. The molecule has 1 atom stereocenters. The van der Waals surface area contributed by atoms with E-state index in [9.17, 15) is 4.79 Å². The Morgan fingerprint density at radius 3 is 2.81 bits per heavy atom. The van der Waals surface area contributed by atoms with E-state index in [-0.39, 0.29) is 17.3 Å². The number of carbonyl (C=O) groups is 1. The number of piperidine rings is 1. The average molecular weight is 459 g/mol. The minimum atomic E-state index is -0.450. The van der Waals surface area contributed by atoms with Crippen molar-refractivity contribution in [2.45, 2.75) is 65.1 Å². The van der Waals surface area contributed by atoms with Crippen molar-refractivity contribution in [2.24, 2.45) is 0 Å². The van der Waals surface area contributed by atoms with Crippen LogP contribution in [0, 0.1) is 0 Å². The molecule has 7 heteroatoms. The van der Waals surface area contributed by atoms with E-state index < -0.39 is 5.60 Å². The van der Waals surface area contributed by atoms with Crippen molar-refractivity contribution in [2.75, 3.05) is 26.2 Å². The number of aromatic nitrogens is 2. The van der Waals surface area contributed by atoms with Gasteiger partial charge in [-0.05, 0) is 76.0 Å². The second-order valence-corrected chi connectivity index (χ2v) is 9.70. The van der Waals surface area contributed by atoms with Gasteiger partial charge in [0.2, 0.25) is 5.28 Å². The van der Waals surface area contributed by atoms with Gasteiger partial charge in [-0.25, -0.2) is 9.97 Å². The van der Waals surface area contributed by atoms with Crippen molar-refractivity contribution < 1.29 is 9.53 Å². The van der Waals surface area contributed by atoms with E-state index in [1.807, 2.05) is 32.9 Å². The van der Waals surface area contributed by atoms with Gasteiger partial charge in [0.25, 0.3) is 0 Å². The number of halogens is 1. The lowest BCUT2D eigenvalue weighted by Gasteiger charge is -2.36. The quantitative estimate of drug-likeness (QED) is 0.417. The number of ether oxygens (including phenoxy) is 1. The van der Waals surface area contributed by atoms with Crippen LogP contribution >= 0.6 is 11.6 Å². The summed E-state index contributed by atoms with van der Waals surface area (Å²) in [7, 11) is 0. The molecule has 0 aliphatic carbocycles. The average Bonchev–Trinajstić information content (AvgIpc) is 2.76. The largest absolute Gasteiger partial charge is 0.459 e. The standard InChI is InChI=1S/C25H35ClN4O2/c1-5-29(15-16-30-14-7-6-11-22(30)23(31)32-25(2,3)4)18-19-9-8-10-20(17-19)21-12-13-27-24(26)28-21/h8-10,12-13,17,22H,5-7,11,14-16,18H2,1-4H3. The molecule has 174 valence electrons. The van der Waals surface area contributed by atoms with Crippen LogP contribution in [0.15, 0.2) is 36.5 Å². The summed E-state index contributed by atoms with van der Waals surface area (Å²) in [5, 5.41) is 0.254. The molecule has 3 rings (SSSR count). The van der Waals surface area contributed by atoms with Crippen LogP contribution in [0.1, 0.15) is 52.5 Å². The molecule has 2 aromatic rings. The van der Waals surface area contributed by atoms with Crippen molar-refractivity contribution in [1.82, 2.24) is 19.8 Å². The summed E-state index contributed by atoms with van der Waals surface area (Å²) < 4.78 is 5.69. The lowest BCUT2D eigenvalue weighted by molar-refractivity contribution is -0.162. The maximum absolute atomic E-state index is 12.7. The van der Waals surface area contributed by atoms with Gasteiger partial charge in [-0.15, -0.1) is 0 Å². The van der Waals surface area contributed by atoms with Crippen LogP contribution < -0.4 is 0 Å². The van der Waals surface area contributed by atoms with E-state index >= 15 is 0 Å².